The lowest BCUT2D eigenvalue weighted by Gasteiger charge is -2.15. The summed E-state index contributed by atoms with van der Waals surface area (Å²) in [6, 6.07) is 7.67. The molecule has 1 heterocycles. The van der Waals surface area contributed by atoms with Gasteiger partial charge in [0.2, 0.25) is 0 Å². The Hall–Kier alpha value is -4.01. The highest BCUT2D eigenvalue weighted by Gasteiger charge is 2.29. The van der Waals surface area contributed by atoms with Crippen LogP contribution >= 0.6 is 11.6 Å². The number of fused-ring (bicyclic) bond motifs is 1. The standard InChI is InChI=1S/C25H23ClN4O4/c1-5-32-20-9-15(8-19(26)24(20)34-12-21(31)33-6-2)7-16-13(3)17(10-27)23-22(16)14(4)18(11-28)25(29)30-23/h7-9H,5-6,12H2,1-4H3,(H2,29,30)/b16-7-. The molecule has 0 radical (unpaired) electrons. The Balaban J connectivity index is 2.13. The first-order valence-corrected chi connectivity index (χ1v) is 10.9. The summed E-state index contributed by atoms with van der Waals surface area (Å²) in [6.45, 7) is 7.40. The quantitative estimate of drug-likeness (QED) is 0.567. The van der Waals surface area contributed by atoms with Crippen LogP contribution < -0.4 is 15.2 Å². The zero-order valence-electron chi connectivity index (χ0n) is 19.3. The molecule has 0 saturated heterocycles. The van der Waals surface area contributed by atoms with Gasteiger partial charge in [-0.05, 0) is 68.2 Å². The highest BCUT2D eigenvalue weighted by Crippen LogP contribution is 2.45. The lowest BCUT2D eigenvalue weighted by atomic mass is 9.95. The van der Waals surface area contributed by atoms with Crippen LogP contribution in [-0.4, -0.2) is 30.8 Å². The number of nitrogen functional groups attached to an aromatic ring is 1. The van der Waals surface area contributed by atoms with Gasteiger partial charge in [-0.15, -0.1) is 0 Å². The molecule has 1 aliphatic rings. The van der Waals surface area contributed by atoms with E-state index in [4.69, 9.17) is 31.5 Å². The van der Waals surface area contributed by atoms with Gasteiger partial charge in [0.05, 0.1) is 35.1 Å². The molecule has 0 fully saturated rings. The molecule has 9 heteroatoms. The minimum absolute atomic E-state index is 0.0883. The summed E-state index contributed by atoms with van der Waals surface area (Å²) in [5, 5.41) is 19.5. The maximum absolute atomic E-state index is 11.7. The van der Waals surface area contributed by atoms with Crippen LogP contribution in [-0.2, 0) is 9.53 Å². The predicted octanol–water partition coefficient (Wildman–Crippen LogP) is 4.69. The Bertz CT molecular complexity index is 1320. The first kappa shape index (κ1) is 24.6. The number of rotatable bonds is 7. The van der Waals surface area contributed by atoms with Crippen LogP contribution in [0.1, 0.15) is 48.7 Å². The molecular formula is C25H23ClN4O4. The Morgan fingerprint density at radius 3 is 2.53 bits per heavy atom. The number of allylic oxidation sites excluding steroid dienone is 3. The molecule has 0 amide bonds. The fourth-order valence-corrected chi connectivity index (χ4v) is 4.04. The van der Waals surface area contributed by atoms with Crippen molar-refractivity contribution in [1.29, 1.82) is 10.5 Å². The molecule has 8 nitrogen and oxygen atoms in total. The smallest absolute Gasteiger partial charge is 0.344 e. The number of nitrogens with zero attached hydrogens (tertiary/aromatic N) is 3. The van der Waals surface area contributed by atoms with E-state index in [0.717, 1.165) is 5.57 Å². The summed E-state index contributed by atoms with van der Waals surface area (Å²) in [5.74, 6) is 0.157. The molecule has 3 rings (SSSR count). The van der Waals surface area contributed by atoms with E-state index in [0.29, 0.717) is 45.9 Å². The van der Waals surface area contributed by atoms with Gasteiger partial charge in [0.15, 0.2) is 18.1 Å². The minimum Gasteiger partial charge on any atom is -0.490 e. The van der Waals surface area contributed by atoms with Gasteiger partial charge in [-0.25, -0.2) is 9.78 Å². The van der Waals surface area contributed by atoms with Crippen molar-refractivity contribution in [3.05, 3.63) is 50.7 Å². The number of pyridine rings is 1. The van der Waals surface area contributed by atoms with Crippen molar-refractivity contribution in [3.63, 3.8) is 0 Å². The second-order valence-corrected chi connectivity index (χ2v) is 7.77. The first-order chi connectivity index (χ1) is 16.3. The topological polar surface area (TPSA) is 131 Å². The number of aromatic nitrogens is 1. The summed E-state index contributed by atoms with van der Waals surface area (Å²) in [4.78, 5) is 16.0. The lowest BCUT2D eigenvalue weighted by Crippen LogP contribution is -2.15. The van der Waals surface area contributed by atoms with Crippen molar-refractivity contribution in [1.82, 2.24) is 4.98 Å². The number of nitriles is 2. The summed E-state index contributed by atoms with van der Waals surface area (Å²) in [6.07, 6.45) is 1.84. The van der Waals surface area contributed by atoms with Gasteiger partial charge in [-0.3, -0.25) is 0 Å². The molecule has 1 aromatic carbocycles. The molecule has 1 aromatic heterocycles. The van der Waals surface area contributed by atoms with Gasteiger partial charge in [-0.2, -0.15) is 10.5 Å². The van der Waals surface area contributed by atoms with E-state index in [9.17, 15) is 15.3 Å². The van der Waals surface area contributed by atoms with Gasteiger partial charge in [0, 0.05) is 5.56 Å². The summed E-state index contributed by atoms with van der Waals surface area (Å²) >= 11 is 6.49. The van der Waals surface area contributed by atoms with E-state index >= 15 is 0 Å². The second-order valence-electron chi connectivity index (χ2n) is 7.36. The van der Waals surface area contributed by atoms with Crippen LogP contribution in [0.3, 0.4) is 0 Å². The van der Waals surface area contributed by atoms with Gasteiger partial charge in [0.1, 0.15) is 18.0 Å². The molecule has 34 heavy (non-hydrogen) atoms. The number of anilines is 1. The molecule has 0 aliphatic heterocycles. The highest BCUT2D eigenvalue weighted by molar-refractivity contribution is 6.32. The average Bonchev–Trinajstić information content (AvgIpc) is 3.04. The van der Waals surface area contributed by atoms with E-state index in [2.05, 4.69) is 17.1 Å². The maximum atomic E-state index is 11.7. The third kappa shape index (κ3) is 4.54. The summed E-state index contributed by atoms with van der Waals surface area (Å²) < 4.78 is 16.2. The molecule has 0 bridgehead atoms. The SMILES string of the molecule is CCOC(=O)COc1c(Cl)cc(/C=C2/C(C)=C(C#N)c3nc(N)c(C#N)c(C)c32)cc1OCC. The Morgan fingerprint density at radius 2 is 1.91 bits per heavy atom. The molecule has 2 N–H and O–H groups in total. The maximum Gasteiger partial charge on any atom is 0.344 e. The lowest BCUT2D eigenvalue weighted by molar-refractivity contribution is -0.145. The molecule has 0 unspecified atom stereocenters. The minimum atomic E-state index is -0.518. The Kier molecular flexibility index (Phi) is 7.45. The van der Waals surface area contributed by atoms with E-state index in [1.165, 1.54) is 0 Å². The van der Waals surface area contributed by atoms with Crippen molar-refractivity contribution in [2.75, 3.05) is 25.6 Å². The van der Waals surface area contributed by atoms with Crippen LogP contribution in [0.2, 0.25) is 5.02 Å². The fraction of sp³-hybridized carbons (Fsp3) is 0.280. The van der Waals surface area contributed by atoms with Crippen LogP contribution in [0.15, 0.2) is 17.7 Å². The second kappa shape index (κ2) is 10.3. The van der Waals surface area contributed by atoms with Gasteiger partial charge >= 0.3 is 5.97 Å². The number of halogens is 1. The first-order valence-electron chi connectivity index (χ1n) is 10.6. The van der Waals surface area contributed by atoms with Crippen LogP contribution in [0.5, 0.6) is 11.5 Å². The molecule has 0 spiro atoms. The van der Waals surface area contributed by atoms with Gasteiger partial charge in [0.25, 0.3) is 0 Å². The van der Waals surface area contributed by atoms with E-state index in [1.807, 2.05) is 19.9 Å². The Labute approximate surface area is 202 Å². The molecule has 2 aromatic rings. The monoisotopic (exact) mass is 478 g/mol. The summed E-state index contributed by atoms with van der Waals surface area (Å²) in [7, 11) is 0. The summed E-state index contributed by atoms with van der Waals surface area (Å²) in [5.41, 5.74) is 10.5. The van der Waals surface area contributed by atoms with Gasteiger partial charge < -0.3 is 19.9 Å². The Morgan fingerprint density at radius 1 is 1.18 bits per heavy atom. The fourth-order valence-electron chi connectivity index (χ4n) is 3.77. The number of hydrogen-bond donors (Lipinski definition) is 1. The highest BCUT2D eigenvalue weighted by atomic mass is 35.5. The van der Waals surface area contributed by atoms with E-state index < -0.39 is 5.97 Å². The normalized spacial score (nSPS) is 13.3. The molecule has 1 aliphatic carbocycles. The molecular weight excluding hydrogens is 456 g/mol. The van der Waals surface area contributed by atoms with Crippen molar-refractivity contribution in [2.24, 2.45) is 0 Å². The molecule has 0 saturated carbocycles. The number of benzene rings is 1. The van der Waals surface area contributed by atoms with Crippen molar-refractivity contribution in [2.45, 2.75) is 27.7 Å². The van der Waals surface area contributed by atoms with Gasteiger partial charge in [-0.1, -0.05) is 11.6 Å². The van der Waals surface area contributed by atoms with E-state index in [1.54, 1.807) is 26.0 Å². The largest absolute Gasteiger partial charge is 0.490 e. The van der Waals surface area contributed by atoms with Crippen LogP contribution in [0.25, 0.3) is 17.2 Å². The third-order valence-electron chi connectivity index (χ3n) is 5.27. The van der Waals surface area contributed by atoms with Crippen molar-refractivity contribution in [3.8, 4) is 23.6 Å². The number of carbonyl (C=O) groups excluding carboxylic acids is 1. The zero-order chi connectivity index (χ0) is 25.0. The number of esters is 1. The number of nitrogens with two attached hydrogens (primary N) is 1. The average molecular weight is 479 g/mol. The van der Waals surface area contributed by atoms with Crippen LogP contribution in [0.4, 0.5) is 5.82 Å². The van der Waals surface area contributed by atoms with E-state index in [-0.39, 0.29) is 35.4 Å². The number of carbonyl (C=O) groups is 1. The zero-order valence-corrected chi connectivity index (χ0v) is 20.0. The van der Waals surface area contributed by atoms with Crippen molar-refractivity contribution >= 4 is 40.6 Å². The number of hydrogen-bond acceptors (Lipinski definition) is 8. The van der Waals surface area contributed by atoms with Crippen molar-refractivity contribution < 1.29 is 19.0 Å². The molecule has 0 atom stereocenters. The predicted molar refractivity (Wildman–Crippen MR) is 129 cm³/mol. The van der Waals surface area contributed by atoms with Crippen LogP contribution in [0, 0.1) is 29.6 Å². The number of ether oxygens (including phenoxy) is 3. The third-order valence-corrected chi connectivity index (χ3v) is 5.55. The molecule has 174 valence electrons.